The molecular weight excluding hydrogens is 252 g/mol. The zero-order chi connectivity index (χ0) is 13.9. The number of anilines is 1. The van der Waals surface area contributed by atoms with Gasteiger partial charge in [-0.2, -0.15) is 0 Å². The maximum atomic E-state index is 12.1. The number of aromatic amines is 2. The monoisotopic (exact) mass is 266 g/mol. The first kappa shape index (κ1) is 12.2. The van der Waals surface area contributed by atoms with Gasteiger partial charge in [0, 0.05) is 23.7 Å². The molecular formula is C15H14N4O. The van der Waals surface area contributed by atoms with Crippen molar-refractivity contribution in [3.05, 3.63) is 60.2 Å². The summed E-state index contributed by atoms with van der Waals surface area (Å²) in [7, 11) is 0. The van der Waals surface area contributed by atoms with Crippen LogP contribution >= 0.6 is 0 Å². The van der Waals surface area contributed by atoms with Gasteiger partial charge in [0.05, 0.1) is 5.69 Å². The van der Waals surface area contributed by atoms with Crippen LogP contribution in [0.4, 0.5) is 5.69 Å². The quantitative estimate of drug-likeness (QED) is 0.681. The minimum atomic E-state index is -0.175. The van der Waals surface area contributed by atoms with E-state index in [1.807, 2.05) is 31.2 Å². The lowest BCUT2D eigenvalue weighted by atomic mass is 10.1. The van der Waals surface area contributed by atoms with Crippen LogP contribution < -0.4 is 5.32 Å². The number of carbonyl (C=O) groups is 1. The summed E-state index contributed by atoms with van der Waals surface area (Å²) in [6, 6.07) is 11.1. The minimum Gasteiger partial charge on any atom is -0.357 e. The molecule has 1 aromatic carbocycles. The molecule has 100 valence electrons. The summed E-state index contributed by atoms with van der Waals surface area (Å²) in [5.41, 5.74) is 3.09. The van der Waals surface area contributed by atoms with E-state index in [0.29, 0.717) is 5.69 Å². The molecule has 3 aromatic rings. The molecule has 0 saturated carbocycles. The summed E-state index contributed by atoms with van der Waals surface area (Å²) in [5, 5.41) is 2.89. The third-order valence-electron chi connectivity index (χ3n) is 2.98. The molecule has 1 amide bonds. The van der Waals surface area contributed by atoms with E-state index in [1.165, 1.54) is 0 Å². The number of hydrogen-bond acceptors (Lipinski definition) is 2. The molecule has 5 nitrogen and oxygen atoms in total. The molecule has 0 aliphatic carbocycles. The van der Waals surface area contributed by atoms with Gasteiger partial charge in [-0.3, -0.25) is 4.79 Å². The van der Waals surface area contributed by atoms with Gasteiger partial charge < -0.3 is 15.3 Å². The Hall–Kier alpha value is -2.82. The fourth-order valence-corrected chi connectivity index (χ4v) is 2.01. The topological polar surface area (TPSA) is 73.6 Å². The van der Waals surface area contributed by atoms with Crippen LogP contribution in [0.5, 0.6) is 0 Å². The van der Waals surface area contributed by atoms with E-state index in [4.69, 9.17) is 0 Å². The summed E-state index contributed by atoms with van der Waals surface area (Å²) in [5.74, 6) is 0.565. The van der Waals surface area contributed by atoms with Gasteiger partial charge in [0.1, 0.15) is 11.5 Å². The van der Waals surface area contributed by atoms with Crippen molar-refractivity contribution in [2.75, 3.05) is 5.32 Å². The summed E-state index contributed by atoms with van der Waals surface area (Å²) >= 11 is 0. The van der Waals surface area contributed by atoms with Crippen molar-refractivity contribution < 1.29 is 4.79 Å². The van der Waals surface area contributed by atoms with Crippen molar-refractivity contribution >= 4 is 11.6 Å². The molecule has 20 heavy (non-hydrogen) atoms. The Labute approximate surface area is 116 Å². The maximum Gasteiger partial charge on any atom is 0.272 e. The largest absolute Gasteiger partial charge is 0.357 e. The van der Waals surface area contributed by atoms with Crippen LogP contribution in [0.1, 0.15) is 16.2 Å². The number of aromatic nitrogens is 3. The van der Waals surface area contributed by atoms with Crippen LogP contribution in [0.3, 0.4) is 0 Å². The van der Waals surface area contributed by atoms with Gasteiger partial charge in [0.2, 0.25) is 0 Å². The lowest BCUT2D eigenvalue weighted by molar-refractivity contribution is 0.102. The number of nitrogens with one attached hydrogen (secondary N) is 3. The third-order valence-corrected chi connectivity index (χ3v) is 2.98. The molecule has 0 unspecified atom stereocenters. The van der Waals surface area contributed by atoms with Crippen LogP contribution in [-0.2, 0) is 0 Å². The molecule has 0 spiro atoms. The summed E-state index contributed by atoms with van der Waals surface area (Å²) in [6.45, 7) is 1.94. The fourth-order valence-electron chi connectivity index (χ4n) is 2.01. The molecule has 3 N–H and O–H groups in total. The summed E-state index contributed by atoms with van der Waals surface area (Å²) in [6.07, 6.45) is 3.48. The van der Waals surface area contributed by atoms with E-state index in [-0.39, 0.29) is 5.91 Å². The Morgan fingerprint density at radius 1 is 1.20 bits per heavy atom. The van der Waals surface area contributed by atoms with Gasteiger partial charge in [0.25, 0.3) is 5.91 Å². The predicted octanol–water partition coefficient (Wildman–Crippen LogP) is 2.97. The molecule has 2 aromatic heterocycles. The Kier molecular flexibility index (Phi) is 3.09. The van der Waals surface area contributed by atoms with Crippen LogP contribution in [0.2, 0.25) is 0 Å². The second kappa shape index (κ2) is 5.05. The second-order valence-corrected chi connectivity index (χ2v) is 4.50. The number of para-hydroxylation sites is 1. The summed E-state index contributed by atoms with van der Waals surface area (Å²) < 4.78 is 0. The van der Waals surface area contributed by atoms with E-state index in [1.54, 1.807) is 24.5 Å². The maximum absolute atomic E-state index is 12.1. The molecule has 3 rings (SSSR count). The van der Waals surface area contributed by atoms with Crippen molar-refractivity contribution in [2.45, 2.75) is 6.92 Å². The second-order valence-electron chi connectivity index (χ2n) is 4.50. The highest BCUT2D eigenvalue weighted by Crippen LogP contribution is 2.25. The Balaban J connectivity index is 1.92. The Bertz CT molecular complexity index is 728. The van der Waals surface area contributed by atoms with E-state index >= 15 is 0 Å². The predicted molar refractivity (Wildman–Crippen MR) is 77.5 cm³/mol. The lowest BCUT2D eigenvalue weighted by Gasteiger charge is -2.08. The van der Waals surface area contributed by atoms with Gasteiger partial charge in [-0.25, -0.2) is 4.98 Å². The molecule has 0 fully saturated rings. The average molecular weight is 266 g/mol. The number of aryl methyl sites for hydroxylation is 1. The number of H-pyrrole nitrogens is 2. The van der Waals surface area contributed by atoms with Crippen LogP contribution in [-0.4, -0.2) is 20.9 Å². The van der Waals surface area contributed by atoms with Gasteiger partial charge >= 0.3 is 0 Å². The number of carbonyl (C=O) groups excluding carboxylic acids is 1. The number of amides is 1. The minimum absolute atomic E-state index is 0.175. The van der Waals surface area contributed by atoms with Gasteiger partial charge in [-0.05, 0) is 31.2 Å². The molecule has 0 saturated heterocycles. The van der Waals surface area contributed by atoms with Crippen LogP contribution in [0.25, 0.3) is 11.4 Å². The van der Waals surface area contributed by atoms with Crippen molar-refractivity contribution in [3.8, 4) is 11.4 Å². The number of imidazole rings is 1. The smallest absolute Gasteiger partial charge is 0.272 e. The first-order valence-electron chi connectivity index (χ1n) is 6.30. The van der Waals surface area contributed by atoms with Crippen LogP contribution in [0, 0.1) is 6.92 Å². The molecule has 0 aliphatic rings. The van der Waals surface area contributed by atoms with Crippen molar-refractivity contribution in [1.82, 2.24) is 15.0 Å². The van der Waals surface area contributed by atoms with Crippen LogP contribution in [0.15, 0.2) is 48.8 Å². The van der Waals surface area contributed by atoms with E-state index in [2.05, 4.69) is 20.3 Å². The molecule has 0 aliphatic heterocycles. The summed E-state index contributed by atoms with van der Waals surface area (Å²) in [4.78, 5) is 22.4. The van der Waals surface area contributed by atoms with Gasteiger partial charge in [0.15, 0.2) is 0 Å². The highest BCUT2D eigenvalue weighted by Gasteiger charge is 2.12. The Morgan fingerprint density at radius 2 is 2.05 bits per heavy atom. The highest BCUT2D eigenvalue weighted by atomic mass is 16.1. The zero-order valence-corrected chi connectivity index (χ0v) is 11.0. The molecule has 0 radical (unpaired) electrons. The van der Waals surface area contributed by atoms with Gasteiger partial charge in [-0.15, -0.1) is 0 Å². The van der Waals surface area contributed by atoms with Gasteiger partial charge in [-0.1, -0.05) is 12.1 Å². The number of hydrogen-bond donors (Lipinski definition) is 3. The number of benzene rings is 1. The standard InChI is InChI=1S/C15H14N4O/c1-10-9-17-14(18-10)11-5-2-3-6-12(11)19-15(20)13-7-4-8-16-13/h2-9,16H,1H3,(H,17,18)(H,19,20). The lowest BCUT2D eigenvalue weighted by Crippen LogP contribution is -2.13. The highest BCUT2D eigenvalue weighted by molar-refractivity contribution is 6.04. The van der Waals surface area contributed by atoms with Crippen molar-refractivity contribution in [2.24, 2.45) is 0 Å². The van der Waals surface area contributed by atoms with E-state index in [0.717, 1.165) is 22.8 Å². The Morgan fingerprint density at radius 3 is 2.75 bits per heavy atom. The van der Waals surface area contributed by atoms with Crippen molar-refractivity contribution in [1.29, 1.82) is 0 Å². The number of nitrogens with zero attached hydrogens (tertiary/aromatic N) is 1. The zero-order valence-electron chi connectivity index (χ0n) is 11.0. The molecule has 0 bridgehead atoms. The molecule has 0 atom stereocenters. The van der Waals surface area contributed by atoms with Crippen molar-refractivity contribution in [3.63, 3.8) is 0 Å². The normalized spacial score (nSPS) is 10.4. The number of rotatable bonds is 3. The van der Waals surface area contributed by atoms with E-state index < -0.39 is 0 Å². The average Bonchev–Trinajstić information content (AvgIpc) is 3.10. The third kappa shape index (κ3) is 2.33. The first-order valence-corrected chi connectivity index (χ1v) is 6.30. The first-order chi connectivity index (χ1) is 9.74. The molecule has 2 heterocycles. The van der Waals surface area contributed by atoms with E-state index in [9.17, 15) is 4.79 Å². The SMILES string of the molecule is Cc1cnc(-c2ccccc2NC(=O)c2ccc[nH]2)[nH]1. The fraction of sp³-hybridized carbons (Fsp3) is 0.0667. The molecule has 5 heteroatoms.